The van der Waals surface area contributed by atoms with Gasteiger partial charge in [-0.15, -0.1) is 0 Å². The van der Waals surface area contributed by atoms with Gasteiger partial charge in [0.25, 0.3) is 5.56 Å². The van der Waals surface area contributed by atoms with E-state index >= 15 is 0 Å². The molecule has 3 aromatic rings. The maximum absolute atomic E-state index is 13.8. The molecule has 0 aliphatic carbocycles. The molecule has 0 unspecified atom stereocenters. The lowest BCUT2D eigenvalue weighted by atomic mass is 10.1. The minimum Gasteiger partial charge on any atom is -0.320 e. The number of aromatic nitrogens is 4. The predicted octanol–water partition coefficient (Wildman–Crippen LogP) is 2.47. The van der Waals surface area contributed by atoms with Crippen LogP contribution >= 0.6 is 12.2 Å². The standard InChI is InChI=1S/C16H13FN4OS/c17-14-4-2-1-3-12(14)8-21-9-13(15(22)20-16(21)23)5-11-6-18-10-19-7-11/h1-4,6-7,9-10H,5,8H2,(H,20,22,23). The largest absolute Gasteiger partial charge is 0.320 e. The van der Waals surface area contributed by atoms with Gasteiger partial charge in [0.2, 0.25) is 0 Å². The molecule has 23 heavy (non-hydrogen) atoms. The molecule has 2 aromatic heterocycles. The van der Waals surface area contributed by atoms with Crippen LogP contribution in [0.1, 0.15) is 16.7 Å². The molecular formula is C16H13FN4OS. The van der Waals surface area contributed by atoms with E-state index in [-0.39, 0.29) is 22.7 Å². The van der Waals surface area contributed by atoms with Gasteiger partial charge in [-0.1, -0.05) is 18.2 Å². The zero-order valence-corrected chi connectivity index (χ0v) is 12.9. The summed E-state index contributed by atoms with van der Waals surface area (Å²) in [5.41, 5.74) is 1.57. The quantitative estimate of drug-likeness (QED) is 0.747. The van der Waals surface area contributed by atoms with E-state index < -0.39 is 0 Å². The van der Waals surface area contributed by atoms with Gasteiger partial charge >= 0.3 is 0 Å². The summed E-state index contributed by atoms with van der Waals surface area (Å²) >= 11 is 5.17. The highest BCUT2D eigenvalue weighted by atomic mass is 32.1. The van der Waals surface area contributed by atoms with Crippen molar-refractivity contribution >= 4 is 12.2 Å². The third kappa shape index (κ3) is 3.57. The van der Waals surface area contributed by atoms with Crippen molar-refractivity contribution in [2.75, 3.05) is 0 Å². The van der Waals surface area contributed by atoms with Crippen LogP contribution in [-0.4, -0.2) is 19.5 Å². The highest BCUT2D eigenvalue weighted by Gasteiger charge is 2.07. The number of H-pyrrole nitrogens is 1. The summed E-state index contributed by atoms with van der Waals surface area (Å²) in [6, 6.07) is 6.47. The van der Waals surface area contributed by atoms with Gasteiger partial charge in [0.15, 0.2) is 4.77 Å². The first-order valence-electron chi connectivity index (χ1n) is 6.93. The second kappa shape index (κ2) is 6.62. The van der Waals surface area contributed by atoms with Crippen LogP contribution in [-0.2, 0) is 13.0 Å². The predicted molar refractivity (Wildman–Crippen MR) is 86.2 cm³/mol. The highest BCUT2D eigenvalue weighted by Crippen LogP contribution is 2.10. The lowest BCUT2D eigenvalue weighted by molar-refractivity contribution is 0.594. The summed E-state index contributed by atoms with van der Waals surface area (Å²) in [4.78, 5) is 22.6. The summed E-state index contributed by atoms with van der Waals surface area (Å²) in [5, 5.41) is 0. The SMILES string of the molecule is O=c1[nH]c(=S)n(Cc2ccccc2F)cc1Cc1cncnc1. The number of nitrogens with one attached hydrogen (secondary N) is 1. The Morgan fingerprint density at radius 2 is 1.91 bits per heavy atom. The Morgan fingerprint density at radius 1 is 1.17 bits per heavy atom. The zero-order chi connectivity index (χ0) is 16.2. The molecule has 1 N–H and O–H groups in total. The Kier molecular flexibility index (Phi) is 4.38. The van der Waals surface area contributed by atoms with E-state index in [2.05, 4.69) is 15.0 Å². The summed E-state index contributed by atoms with van der Waals surface area (Å²) in [6.45, 7) is 0.251. The van der Waals surface area contributed by atoms with Crippen LogP contribution in [0.2, 0.25) is 0 Å². The van der Waals surface area contributed by atoms with Crippen molar-refractivity contribution in [1.29, 1.82) is 0 Å². The molecule has 0 amide bonds. The third-order valence-corrected chi connectivity index (χ3v) is 3.73. The monoisotopic (exact) mass is 328 g/mol. The maximum atomic E-state index is 13.8. The van der Waals surface area contributed by atoms with Crippen molar-refractivity contribution < 1.29 is 4.39 Å². The average Bonchev–Trinajstić information content (AvgIpc) is 2.55. The van der Waals surface area contributed by atoms with Crippen LogP contribution in [0.4, 0.5) is 4.39 Å². The minimum atomic E-state index is -0.307. The molecule has 0 saturated heterocycles. The van der Waals surface area contributed by atoms with E-state index in [4.69, 9.17) is 12.2 Å². The second-order valence-electron chi connectivity index (χ2n) is 5.06. The van der Waals surface area contributed by atoms with Crippen LogP contribution in [0.15, 0.2) is 54.0 Å². The molecule has 0 spiro atoms. The number of aromatic amines is 1. The molecule has 5 nitrogen and oxygen atoms in total. The number of nitrogens with zero attached hydrogens (tertiary/aromatic N) is 3. The van der Waals surface area contributed by atoms with Crippen LogP contribution < -0.4 is 5.56 Å². The molecule has 0 aliphatic heterocycles. The zero-order valence-electron chi connectivity index (χ0n) is 12.1. The normalized spacial score (nSPS) is 10.7. The molecule has 116 valence electrons. The molecule has 0 fully saturated rings. The van der Waals surface area contributed by atoms with Crippen LogP contribution in [0.3, 0.4) is 0 Å². The molecule has 7 heteroatoms. The van der Waals surface area contributed by atoms with Crippen LogP contribution in [0.5, 0.6) is 0 Å². The molecule has 0 bridgehead atoms. The smallest absolute Gasteiger partial charge is 0.255 e. The average molecular weight is 328 g/mol. The van der Waals surface area contributed by atoms with E-state index in [1.165, 1.54) is 12.4 Å². The second-order valence-corrected chi connectivity index (χ2v) is 5.44. The first-order chi connectivity index (χ1) is 11.1. The molecule has 2 heterocycles. The fourth-order valence-corrected chi connectivity index (χ4v) is 2.46. The molecule has 3 rings (SSSR count). The molecule has 0 radical (unpaired) electrons. The lowest BCUT2D eigenvalue weighted by Crippen LogP contribution is -2.19. The summed E-state index contributed by atoms with van der Waals surface area (Å²) in [7, 11) is 0. The molecular weight excluding hydrogens is 315 g/mol. The first-order valence-corrected chi connectivity index (χ1v) is 7.34. The van der Waals surface area contributed by atoms with Gasteiger partial charge in [-0.05, 0) is 23.8 Å². The van der Waals surface area contributed by atoms with E-state index in [0.29, 0.717) is 17.5 Å². The fraction of sp³-hybridized carbons (Fsp3) is 0.125. The fourth-order valence-electron chi connectivity index (χ4n) is 2.25. The Bertz CT molecular complexity index is 937. The van der Waals surface area contributed by atoms with Crippen LogP contribution in [0, 0.1) is 10.6 Å². The van der Waals surface area contributed by atoms with Crippen molar-refractivity contribution in [2.45, 2.75) is 13.0 Å². The maximum Gasteiger partial charge on any atom is 0.255 e. The van der Waals surface area contributed by atoms with Crippen molar-refractivity contribution in [3.05, 3.63) is 86.8 Å². The number of rotatable bonds is 4. The molecule has 0 aliphatic rings. The van der Waals surface area contributed by atoms with Crippen molar-refractivity contribution in [2.24, 2.45) is 0 Å². The van der Waals surface area contributed by atoms with Gasteiger partial charge < -0.3 is 4.57 Å². The molecule has 1 aromatic carbocycles. The van der Waals surface area contributed by atoms with E-state index in [9.17, 15) is 9.18 Å². The summed E-state index contributed by atoms with van der Waals surface area (Å²) in [5.74, 6) is -0.307. The highest BCUT2D eigenvalue weighted by molar-refractivity contribution is 7.71. The number of hydrogen-bond acceptors (Lipinski definition) is 4. The van der Waals surface area contributed by atoms with Gasteiger partial charge in [-0.25, -0.2) is 14.4 Å². The van der Waals surface area contributed by atoms with Crippen molar-refractivity contribution in [3.8, 4) is 0 Å². The Hall–Kier alpha value is -2.67. The molecule has 0 saturated carbocycles. The number of benzene rings is 1. The van der Waals surface area contributed by atoms with Gasteiger partial charge in [0.1, 0.15) is 12.1 Å². The van der Waals surface area contributed by atoms with Crippen molar-refractivity contribution in [1.82, 2.24) is 19.5 Å². The molecule has 0 atom stereocenters. The third-order valence-electron chi connectivity index (χ3n) is 3.39. The van der Waals surface area contributed by atoms with Gasteiger partial charge in [0.05, 0.1) is 6.54 Å². The van der Waals surface area contributed by atoms with Gasteiger partial charge in [-0.3, -0.25) is 9.78 Å². The summed E-state index contributed by atoms with van der Waals surface area (Å²) < 4.78 is 15.7. The topological polar surface area (TPSA) is 63.6 Å². The van der Waals surface area contributed by atoms with E-state index in [0.717, 1.165) is 5.56 Å². The van der Waals surface area contributed by atoms with Gasteiger partial charge in [-0.2, -0.15) is 0 Å². The summed E-state index contributed by atoms with van der Waals surface area (Å²) in [6.07, 6.45) is 6.76. The minimum absolute atomic E-state index is 0.251. The Labute approximate surface area is 136 Å². The van der Waals surface area contributed by atoms with E-state index in [1.54, 1.807) is 41.4 Å². The number of halogens is 1. The Morgan fingerprint density at radius 3 is 2.65 bits per heavy atom. The van der Waals surface area contributed by atoms with Crippen molar-refractivity contribution in [3.63, 3.8) is 0 Å². The first kappa shape index (κ1) is 15.2. The van der Waals surface area contributed by atoms with Gasteiger partial charge in [0, 0.05) is 36.1 Å². The Balaban J connectivity index is 1.96. The van der Waals surface area contributed by atoms with Crippen LogP contribution in [0.25, 0.3) is 0 Å². The lowest BCUT2D eigenvalue weighted by Gasteiger charge is -2.10. The van der Waals surface area contributed by atoms with E-state index in [1.807, 2.05) is 0 Å². The number of hydrogen-bond donors (Lipinski definition) is 1.